The lowest BCUT2D eigenvalue weighted by Crippen LogP contribution is -2.21. The fourth-order valence-corrected chi connectivity index (χ4v) is 2.59. The molecule has 0 aliphatic carbocycles. The van der Waals surface area contributed by atoms with Crippen LogP contribution >= 0.6 is 11.6 Å². The van der Waals surface area contributed by atoms with E-state index >= 15 is 0 Å². The van der Waals surface area contributed by atoms with Crippen LogP contribution in [-0.2, 0) is 6.42 Å². The third-order valence-electron chi connectivity index (χ3n) is 3.60. The zero-order valence-corrected chi connectivity index (χ0v) is 12.7. The van der Waals surface area contributed by atoms with Crippen LogP contribution < -0.4 is 5.32 Å². The van der Waals surface area contributed by atoms with Gasteiger partial charge in [-0.25, -0.2) is 4.98 Å². The molecular weight excluding hydrogens is 282 g/mol. The highest BCUT2D eigenvalue weighted by Gasteiger charge is 2.06. The van der Waals surface area contributed by atoms with Crippen LogP contribution in [-0.4, -0.2) is 16.5 Å². The van der Waals surface area contributed by atoms with Gasteiger partial charge in [0.25, 0.3) is 0 Å². The van der Waals surface area contributed by atoms with Crippen molar-refractivity contribution in [3.8, 4) is 0 Å². The van der Waals surface area contributed by atoms with E-state index in [2.05, 4.69) is 46.5 Å². The number of rotatable bonds is 5. The molecule has 0 spiro atoms. The topological polar surface area (TPSA) is 40.7 Å². The number of benzene rings is 2. The number of hydrogen-bond donors (Lipinski definition) is 2. The molecule has 3 rings (SSSR count). The first-order valence-corrected chi connectivity index (χ1v) is 7.52. The number of fused-ring (bicyclic) bond motifs is 1. The summed E-state index contributed by atoms with van der Waals surface area (Å²) in [7, 11) is 0. The van der Waals surface area contributed by atoms with Gasteiger partial charge < -0.3 is 10.3 Å². The van der Waals surface area contributed by atoms with Crippen molar-refractivity contribution in [3.63, 3.8) is 0 Å². The van der Waals surface area contributed by atoms with Gasteiger partial charge in [-0.3, -0.25) is 0 Å². The van der Waals surface area contributed by atoms with Gasteiger partial charge in [0.2, 0.25) is 0 Å². The normalized spacial score (nSPS) is 12.7. The summed E-state index contributed by atoms with van der Waals surface area (Å²) in [6.45, 7) is 3.05. The first kappa shape index (κ1) is 14.1. The number of H-pyrrole nitrogens is 1. The average molecular weight is 300 g/mol. The number of halogens is 1. The molecule has 1 aromatic heterocycles. The maximum Gasteiger partial charge on any atom is 0.108 e. The Balaban J connectivity index is 1.59. The van der Waals surface area contributed by atoms with E-state index in [1.54, 1.807) is 0 Å². The highest BCUT2D eigenvalue weighted by atomic mass is 35.5. The van der Waals surface area contributed by atoms with Crippen LogP contribution in [0.15, 0.2) is 48.5 Å². The third kappa shape index (κ3) is 3.43. The van der Waals surface area contributed by atoms with E-state index < -0.39 is 0 Å². The molecule has 3 aromatic rings. The van der Waals surface area contributed by atoms with Gasteiger partial charge in [0.15, 0.2) is 0 Å². The summed E-state index contributed by atoms with van der Waals surface area (Å²) in [5, 5.41) is 4.25. The number of nitrogens with one attached hydrogen (secondary N) is 2. The SMILES string of the molecule is CC(NCCc1nc2ccc(Cl)cc2[nH]1)c1ccccc1. The number of imidazole rings is 1. The molecule has 21 heavy (non-hydrogen) atoms. The molecule has 0 amide bonds. The Hall–Kier alpha value is -1.84. The van der Waals surface area contributed by atoms with Gasteiger partial charge >= 0.3 is 0 Å². The Morgan fingerprint density at radius 1 is 1.19 bits per heavy atom. The van der Waals surface area contributed by atoms with E-state index in [1.165, 1.54) is 5.56 Å². The molecule has 0 aliphatic rings. The molecule has 2 aromatic carbocycles. The minimum Gasteiger partial charge on any atom is -0.342 e. The van der Waals surface area contributed by atoms with Gasteiger partial charge in [-0.1, -0.05) is 41.9 Å². The second-order valence-electron chi connectivity index (χ2n) is 5.18. The van der Waals surface area contributed by atoms with Crippen LogP contribution in [0.4, 0.5) is 0 Å². The molecule has 0 saturated heterocycles. The van der Waals surface area contributed by atoms with Crippen molar-refractivity contribution in [1.82, 2.24) is 15.3 Å². The lowest BCUT2D eigenvalue weighted by Gasteiger charge is -2.13. The summed E-state index contributed by atoms with van der Waals surface area (Å²) in [5.41, 5.74) is 3.26. The van der Waals surface area contributed by atoms with E-state index in [-0.39, 0.29) is 0 Å². The molecule has 1 atom stereocenters. The third-order valence-corrected chi connectivity index (χ3v) is 3.84. The summed E-state index contributed by atoms with van der Waals surface area (Å²) in [4.78, 5) is 7.88. The Bertz CT molecular complexity index is 721. The van der Waals surface area contributed by atoms with Crippen molar-refractivity contribution >= 4 is 22.6 Å². The maximum absolute atomic E-state index is 5.98. The molecular formula is C17H18ClN3. The first-order valence-electron chi connectivity index (χ1n) is 7.15. The second kappa shape index (κ2) is 6.29. The summed E-state index contributed by atoms with van der Waals surface area (Å²) in [5.74, 6) is 0.986. The lowest BCUT2D eigenvalue weighted by atomic mass is 10.1. The van der Waals surface area contributed by atoms with Crippen molar-refractivity contribution in [2.45, 2.75) is 19.4 Å². The average Bonchev–Trinajstić information content (AvgIpc) is 2.89. The predicted molar refractivity (Wildman–Crippen MR) is 87.7 cm³/mol. The van der Waals surface area contributed by atoms with Crippen LogP contribution in [0.5, 0.6) is 0 Å². The molecule has 3 nitrogen and oxygen atoms in total. The molecule has 1 unspecified atom stereocenters. The van der Waals surface area contributed by atoms with Crippen molar-refractivity contribution in [1.29, 1.82) is 0 Å². The van der Waals surface area contributed by atoms with Crippen molar-refractivity contribution in [2.75, 3.05) is 6.54 Å². The zero-order valence-electron chi connectivity index (χ0n) is 11.9. The molecule has 0 aliphatic heterocycles. The van der Waals surface area contributed by atoms with Crippen LogP contribution in [0.1, 0.15) is 24.4 Å². The number of hydrogen-bond acceptors (Lipinski definition) is 2. The van der Waals surface area contributed by atoms with Crippen molar-refractivity contribution < 1.29 is 0 Å². The van der Waals surface area contributed by atoms with Gasteiger partial charge in [0.05, 0.1) is 11.0 Å². The van der Waals surface area contributed by atoms with Gasteiger partial charge in [0, 0.05) is 24.0 Å². The summed E-state index contributed by atoms with van der Waals surface area (Å²) >= 11 is 5.98. The molecule has 0 fully saturated rings. The smallest absolute Gasteiger partial charge is 0.108 e. The van der Waals surface area contributed by atoms with Gasteiger partial charge in [0.1, 0.15) is 5.82 Å². The molecule has 4 heteroatoms. The van der Waals surface area contributed by atoms with Crippen molar-refractivity contribution in [2.24, 2.45) is 0 Å². The minimum atomic E-state index is 0.338. The number of aromatic amines is 1. The Morgan fingerprint density at radius 3 is 2.81 bits per heavy atom. The summed E-state index contributed by atoms with van der Waals surface area (Å²) in [6, 6.07) is 16.5. The summed E-state index contributed by atoms with van der Waals surface area (Å²) < 4.78 is 0. The van der Waals surface area contributed by atoms with Gasteiger partial charge in [-0.05, 0) is 30.7 Å². The summed E-state index contributed by atoms with van der Waals surface area (Å²) in [6.07, 6.45) is 0.865. The standard InChI is InChI=1S/C17H18ClN3/c1-12(13-5-3-2-4-6-13)19-10-9-17-20-15-8-7-14(18)11-16(15)21-17/h2-8,11-12,19H,9-10H2,1H3,(H,20,21). The quantitative estimate of drug-likeness (QED) is 0.744. The van der Waals surface area contributed by atoms with Crippen LogP contribution in [0, 0.1) is 0 Å². The minimum absolute atomic E-state index is 0.338. The Kier molecular flexibility index (Phi) is 4.23. The molecule has 0 radical (unpaired) electrons. The fraction of sp³-hybridized carbons (Fsp3) is 0.235. The molecule has 0 saturated carbocycles. The molecule has 0 bridgehead atoms. The number of nitrogens with zero attached hydrogens (tertiary/aromatic N) is 1. The highest BCUT2D eigenvalue weighted by Crippen LogP contribution is 2.17. The largest absolute Gasteiger partial charge is 0.342 e. The zero-order chi connectivity index (χ0) is 14.7. The first-order chi connectivity index (χ1) is 10.2. The van der Waals surface area contributed by atoms with Crippen LogP contribution in [0.3, 0.4) is 0 Å². The lowest BCUT2D eigenvalue weighted by molar-refractivity contribution is 0.571. The molecule has 1 heterocycles. The van der Waals surface area contributed by atoms with Crippen LogP contribution in [0.2, 0.25) is 5.02 Å². The predicted octanol–water partition coefficient (Wildman–Crippen LogP) is 4.11. The fourth-order valence-electron chi connectivity index (χ4n) is 2.42. The second-order valence-corrected chi connectivity index (χ2v) is 5.62. The monoisotopic (exact) mass is 299 g/mol. The Morgan fingerprint density at radius 2 is 2.00 bits per heavy atom. The van der Waals surface area contributed by atoms with Gasteiger partial charge in [-0.2, -0.15) is 0 Å². The van der Waals surface area contributed by atoms with Gasteiger partial charge in [-0.15, -0.1) is 0 Å². The van der Waals surface area contributed by atoms with Crippen molar-refractivity contribution in [3.05, 3.63) is 64.9 Å². The van der Waals surface area contributed by atoms with E-state index in [0.717, 1.165) is 34.8 Å². The van der Waals surface area contributed by atoms with E-state index in [0.29, 0.717) is 6.04 Å². The Labute approximate surface area is 129 Å². The van der Waals surface area contributed by atoms with E-state index in [1.807, 2.05) is 24.3 Å². The maximum atomic E-state index is 5.98. The highest BCUT2D eigenvalue weighted by molar-refractivity contribution is 6.31. The number of aromatic nitrogens is 2. The van der Waals surface area contributed by atoms with Crippen LogP contribution in [0.25, 0.3) is 11.0 Å². The molecule has 2 N–H and O–H groups in total. The van der Waals surface area contributed by atoms with E-state index in [9.17, 15) is 0 Å². The molecule has 108 valence electrons. The van der Waals surface area contributed by atoms with E-state index in [4.69, 9.17) is 11.6 Å².